The second-order valence-corrected chi connectivity index (χ2v) is 5.57. The summed E-state index contributed by atoms with van der Waals surface area (Å²) in [5, 5.41) is 14.9. The number of amidine groups is 1. The minimum atomic E-state index is -0.838. The largest absolute Gasteiger partial charge is 0.409 e. The lowest BCUT2D eigenvalue weighted by Crippen LogP contribution is -2.56. The number of aryl methyl sites for hydroxylation is 1. The molecule has 0 aliphatic heterocycles. The van der Waals surface area contributed by atoms with Crippen molar-refractivity contribution in [3.05, 3.63) is 33.8 Å². The minimum absolute atomic E-state index is 0.0135. The molecule has 0 unspecified atom stereocenters. The fourth-order valence-electron chi connectivity index (χ4n) is 2.05. The summed E-state index contributed by atoms with van der Waals surface area (Å²) in [6.45, 7) is 5.68. The maximum atomic E-state index is 12.4. The second kappa shape index (κ2) is 6.74. The number of nitrogens with two attached hydrogens (primary N) is 1. The van der Waals surface area contributed by atoms with E-state index in [0.29, 0.717) is 22.9 Å². The summed E-state index contributed by atoms with van der Waals surface area (Å²) >= 11 is 3.36. The van der Waals surface area contributed by atoms with Crippen LogP contribution in [0.4, 0.5) is 0 Å². The lowest BCUT2D eigenvalue weighted by atomic mass is 9.91. The van der Waals surface area contributed by atoms with Crippen LogP contribution >= 0.6 is 15.9 Å². The van der Waals surface area contributed by atoms with Gasteiger partial charge in [0.25, 0.3) is 5.91 Å². The molecule has 0 heterocycles. The highest BCUT2D eigenvalue weighted by atomic mass is 79.9. The van der Waals surface area contributed by atoms with Crippen LogP contribution < -0.4 is 11.1 Å². The van der Waals surface area contributed by atoms with Crippen molar-refractivity contribution >= 4 is 27.7 Å². The molecule has 1 amide bonds. The zero-order valence-electron chi connectivity index (χ0n) is 11.9. The van der Waals surface area contributed by atoms with Crippen molar-refractivity contribution in [2.45, 2.75) is 39.2 Å². The molecular weight excluding hydrogens is 322 g/mol. The van der Waals surface area contributed by atoms with Crippen LogP contribution in [0.25, 0.3) is 0 Å². The highest BCUT2D eigenvalue weighted by molar-refractivity contribution is 9.10. The van der Waals surface area contributed by atoms with E-state index in [0.717, 1.165) is 5.56 Å². The van der Waals surface area contributed by atoms with Gasteiger partial charge in [0.05, 0.1) is 5.56 Å². The van der Waals surface area contributed by atoms with E-state index < -0.39 is 5.54 Å². The lowest BCUT2D eigenvalue weighted by Gasteiger charge is -2.31. The molecular formula is C14H20BrN3O2. The number of nitrogens with zero attached hydrogens (tertiary/aromatic N) is 1. The van der Waals surface area contributed by atoms with Crippen molar-refractivity contribution in [1.82, 2.24) is 5.32 Å². The zero-order valence-corrected chi connectivity index (χ0v) is 13.5. The maximum Gasteiger partial charge on any atom is 0.253 e. The van der Waals surface area contributed by atoms with Crippen LogP contribution in [0.2, 0.25) is 0 Å². The van der Waals surface area contributed by atoms with Gasteiger partial charge in [-0.15, -0.1) is 0 Å². The normalized spacial score (nSPS) is 12.3. The third-order valence-corrected chi connectivity index (χ3v) is 4.22. The number of halogens is 1. The van der Waals surface area contributed by atoms with Crippen LogP contribution in [0, 0.1) is 6.92 Å². The Balaban J connectivity index is 3.12. The summed E-state index contributed by atoms with van der Waals surface area (Å²) in [7, 11) is 0. The number of amides is 1. The van der Waals surface area contributed by atoms with Gasteiger partial charge in [-0.3, -0.25) is 4.79 Å². The summed E-state index contributed by atoms with van der Waals surface area (Å²) in [4.78, 5) is 12.4. The van der Waals surface area contributed by atoms with Gasteiger partial charge in [-0.1, -0.05) is 30.6 Å². The Kier molecular flexibility index (Phi) is 5.56. The van der Waals surface area contributed by atoms with Crippen LogP contribution in [-0.4, -0.2) is 22.5 Å². The molecule has 20 heavy (non-hydrogen) atoms. The molecule has 0 aliphatic carbocycles. The van der Waals surface area contributed by atoms with Gasteiger partial charge in [0, 0.05) is 4.47 Å². The fraction of sp³-hybridized carbons (Fsp3) is 0.429. The summed E-state index contributed by atoms with van der Waals surface area (Å²) in [6.07, 6.45) is 1.07. The molecule has 0 bridgehead atoms. The van der Waals surface area contributed by atoms with Crippen molar-refractivity contribution in [2.24, 2.45) is 10.9 Å². The molecule has 110 valence electrons. The molecule has 0 radical (unpaired) electrons. The van der Waals surface area contributed by atoms with E-state index in [2.05, 4.69) is 26.4 Å². The molecule has 0 fully saturated rings. The van der Waals surface area contributed by atoms with E-state index in [1.165, 1.54) is 0 Å². The SMILES string of the molecule is CCC(CC)(NC(=O)c1cc(C)ccc1Br)/C(N)=N/O. The van der Waals surface area contributed by atoms with Crippen molar-refractivity contribution < 1.29 is 10.0 Å². The molecule has 0 saturated carbocycles. The van der Waals surface area contributed by atoms with Crippen LogP contribution in [0.15, 0.2) is 27.8 Å². The first-order valence-corrected chi connectivity index (χ1v) is 7.26. The van der Waals surface area contributed by atoms with Gasteiger partial charge in [-0.2, -0.15) is 0 Å². The average molecular weight is 342 g/mol. The number of nitrogens with one attached hydrogen (secondary N) is 1. The van der Waals surface area contributed by atoms with Crippen molar-refractivity contribution in [1.29, 1.82) is 0 Å². The fourth-order valence-corrected chi connectivity index (χ4v) is 2.47. The smallest absolute Gasteiger partial charge is 0.253 e. The summed E-state index contributed by atoms with van der Waals surface area (Å²) in [5.74, 6) is -0.240. The molecule has 0 aromatic heterocycles. The molecule has 1 aromatic carbocycles. The summed E-state index contributed by atoms with van der Waals surface area (Å²) in [5.41, 5.74) is 6.42. The minimum Gasteiger partial charge on any atom is -0.409 e. The van der Waals surface area contributed by atoms with Gasteiger partial charge in [0.1, 0.15) is 5.54 Å². The number of hydrogen-bond acceptors (Lipinski definition) is 3. The van der Waals surface area contributed by atoms with Gasteiger partial charge < -0.3 is 16.3 Å². The molecule has 4 N–H and O–H groups in total. The van der Waals surface area contributed by atoms with Crippen molar-refractivity contribution in [3.8, 4) is 0 Å². The number of rotatable bonds is 5. The Bertz CT molecular complexity index is 525. The molecule has 1 aromatic rings. The first-order chi connectivity index (χ1) is 9.40. The molecule has 0 aliphatic rings. The van der Waals surface area contributed by atoms with E-state index in [-0.39, 0.29) is 11.7 Å². The predicted octanol–water partition coefficient (Wildman–Crippen LogP) is 2.79. The number of oxime groups is 1. The van der Waals surface area contributed by atoms with E-state index in [1.54, 1.807) is 6.07 Å². The van der Waals surface area contributed by atoms with E-state index in [4.69, 9.17) is 10.9 Å². The number of hydrogen-bond donors (Lipinski definition) is 3. The molecule has 5 nitrogen and oxygen atoms in total. The van der Waals surface area contributed by atoms with Crippen molar-refractivity contribution in [2.75, 3.05) is 0 Å². The quantitative estimate of drug-likeness (QED) is 0.333. The van der Waals surface area contributed by atoms with E-state index in [9.17, 15) is 4.79 Å². The Morgan fingerprint density at radius 3 is 2.55 bits per heavy atom. The standard InChI is InChI=1S/C14H20BrN3O2/c1-4-14(5-2,13(16)18-20)17-12(19)10-8-9(3)6-7-11(10)15/h6-8,20H,4-5H2,1-3H3,(H2,16,18)(H,17,19). The lowest BCUT2D eigenvalue weighted by molar-refractivity contribution is 0.0917. The summed E-state index contributed by atoms with van der Waals surface area (Å²) in [6, 6.07) is 5.53. The number of carbonyl (C=O) groups is 1. The molecule has 6 heteroatoms. The molecule has 0 spiro atoms. The van der Waals surface area contributed by atoms with E-state index in [1.807, 2.05) is 32.9 Å². The van der Waals surface area contributed by atoms with Crippen LogP contribution in [0.1, 0.15) is 42.6 Å². The second-order valence-electron chi connectivity index (χ2n) is 4.71. The number of benzene rings is 1. The Hall–Kier alpha value is -1.56. The summed E-state index contributed by atoms with van der Waals surface area (Å²) < 4.78 is 0.709. The van der Waals surface area contributed by atoms with Gasteiger partial charge >= 0.3 is 0 Å². The first kappa shape index (κ1) is 16.5. The number of carbonyl (C=O) groups excluding carboxylic acids is 1. The average Bonchev–Trinajstić information content (AvgIpc) is 2.46. The first-order valence-electron chi connectivity index (χ1n) is 6.46. The molecule has 0 saturated heterocycles. The Morgan fingerprint density at radius 1 is 1.45 bits per heavy atom. The zero-order chi connectivity index (χ0) is 15.3. The topological polar surface area (TPSA) is 87.7 Å². The maximum absolute atomic E-state index is 12.4. The van der Waals surface area contributed by atoms with Gasteiger partial charge in [-0.25, -0.2) is 0 Å². The highest BCUT2D eigenvalue weighted by Gasteiger charge is 2.33. The van der Waals surface area contributed by atoms with Crippen LogP contribution in [-0.2, 0) is 0 Å². The van der Waals surface area contributed by atoms with Crippen LogP contribution in [0.3, 0.4) is 0 Å². The third kappa shape index (κ3) is 3.30. The Morgan fingerprint density at radius 2 is 2.05 bits per heavy atom. The monoisotopic (exact) mass is 341 g/mol. The van der Waals surface area contributed by atoms with Gasteiger partial charge in [-0.05, 0) is 47.8 Å². The van der Waals surface area contributed by atoms with Gasteiger partial charge in [0.15, 0.2) is 5.84 Å². The molecule has 1 rings (SSSR count). The van der Waals surface area contributed by atoms with E-state index >= 15 is 0 Å². The third-order valence-electron chi connectivity index (χ3n) is 3.52. The highest BCUT2D eigenvalue weighted by Crippen LogP contribution is 2.21. The van der Waals surface area contributed by atoms with Crippen molar-refractivity contribution in [3.63, 3.8) is 0 Å². The predicted molar refractivity (Wildman–Crippen MR) is 83.1 cm³/mol. The Labute approximate surface area is 127 Å². The molecule has 0 atom stereocenters. The van der Waals surface area contributed by atoms with Crippen LogP contribution in [0.5, 0.6) is 0 Å². The van der Waals surface area contributed by atoms with Gasteiger partial charge in [0.2, 0.25) is 0 Å².